The van der Waals surface area contributed by atoms with Gasteiger partial charge in [-0.15, -0.1) is 0 Å². The van der Waals surface area contributed by atoms with Crippen molar-refractivity contribution in [3.8, 4) is 11.4 Å². The van der Waals surface area contributed by atoms with Crippen LogP contribution in [0.3, 0.4) is 0 Å². The molecule has 19 heavy (non-hydrogen) atoms. The van der Waals surface area contributed by atoms with Crippen LogP contribution in [0.4, 0.5) is 5.95 Å². The maximum absolute atomic E-state index is 4.54. The van der Waals surface area contributed by atoms with Crippen LogP contribution in [0.25, 0.3) is 17.0 Å². The summed E-state index contributed by atoms with van der Waals surface area (Å²) in [6.45, 7) is 2.99. The van der Waals surface area contributed by atoms with Gasteiger partial charge in [0.25, 0.3) is 0 Å². The molecule has 3 heterocycles. The van der Waals surface area contributed by atoms with E-state index in [9.17, 15) is 0 Å². The average Bonchev–Trinajstić information content (AvgIpc) is 2.93. The van der Waals surface area contributed by atoms with Crippen LogP contribution in [-0.2, 0) is 0 Å². The zero-order valence-electron chi connectivity index (χ0n) is 10.7. The lowest BCUT2D eigenvalue weighted by atomic mass is 10.2. The van der Waals surface area contributed by atoms with Crippen molar-refractivity contribution in [3.05, 3.63) is 42.9 Å². The monoisotopic (exact) mass is 253 g/mol. The van der Waals surface area contributed by atoms with Crippen LogP contribution in [0, 0.1) is 0 Å². The summed E-state index contributed by atoms with van der Waals surface area (Å²) in [4.78, 5) is 13.0. The van der Waals surface area contributed by atoms with Gasteiger partial charge in [-0.2, -0.15) is 0 Å². The van der Waals surface area contributed by atoms with Crippen molar-refractivity contribution in [2.24, 2.45) is 0 Å². The van der Waals surface area contributed by atoms with Crippen molar-refractivity contribution in [2.75, 3.05) is 11.9 Å². The molecule has 1 N–H and O–H groups in total. The lowest BCUT2D eigenvalue weighted by Gasteiger charge is -2.07. The van der Waals surface area contributed by atoms with Gasteiger partial charge in [0.1, 0.15) is 5.65 Å². The summed E-state index contributed by atoms with van der Waals surface area (Å²) in [5.41, 5.74) is 2.81. The third kappa shape index (κ3) is 2.27. The number of hydrogen-bond donors (Lipinski definition) is 1. The van der Waals surface area contributed by atoms with Crippen LogP contribution >= 0.6 is 0 Å². The minimum Gasteiger partial charge on any atom is -0.354 e. The van der Waals surface area contributed by atoms with Crippen molar-refractivity contribution >= 4 is 11.6 Å². The minimum absolute atomic E-state index is 0.663. The van der Waals surface area contributed by atoms with E-state index in [0.29, 0.717) is 5.95 Å². The van der Waals surface area contributed by atoms with Gasteiger partial charge in [0.05, 0.1) is 11.4 Å². The second-order valence-electron chi connectivity index (χ2n) is 4.26. The fraction of sp³-hybridized carbons (Fsp3) is 0.214. The lowest BCUT2D eigenvalue weighted by Crippen LogP contribution is -2.05. The van der Waals surface area contributed by atoms with E-state index < -0.39 is 0 Å². The Morgan fingerprint density at radius 3 is 3.00 bits per heavy atom. The van der Waals surface area contributed by atoms with Crippen LogP contribution in [0.15, 0.2) is 42.9 Å². The second-order valence-corrected chi connectivity index (χ2v) is 4.26. The lowest BCUT2D eigenvalue weighted by molar-refractivity contribution is 0.952. The van der Waals surface area contributed by atoms with Gasteiger partial charge in [-0.25, -0.2) is 15.0 Å². The minimum atomic E-state index is 0.663. The van der Waals surface area contributed by atoms with Gasteiger partial charge in [-0.05, 0) is 24.6 Å². The number of fused-ring (bicyclic) bond motifs is 1. The first-order chi connectivity index (χ1) is 9.38. The van der Waals surface area contributed by atoms with Crippen LogP contribution in [0.1, 0.15) is 13.3 Å². The number of pyridine rings is 1. The summed E-state index contributed by atoms with van der Waals surface area (Å²) < 4.78 is 2.02. The molecule has 5 heteroatoms. The number of nitrogens with one attached hydrogen (secondary N) is 1. The molecule has 0 radical (unpaired) electrons. The Hall–Kier alpha value is -2.43. The normalized spacial score (nSPS) is 10.8. The fourth-order valence-electron chi connectivity index (χ4n) is 1.98. The van der Waals surface area contributed by atoms with Gasteiger partial charge >= 0.3 is 0 Å². The Balaban J connectivity index is 2.03. The van der Waals surface area contributed by atoms with E-state index in [1.54, 1.807) is 12.4 Å². The van der Waals surface area contributed by atoms with E-state index in [1.165, 1.54) is 0 Å². The molecular formula is C14H15N5. The third-order valence-electron chi connectivity index (χ3n) is 2.88. The molecule has 0 atom stereocenters. The average molecular weight is 253 g/mol. The standard InChI is InChI=1S/C14H15N5/c1-2-7-16-14-17-8-6-11(18-14)12-4-3-5-13-15-9-10-19(12)13/h3-6,8-10H,2,7H2,1H3,(H,16,17,18). The fourth-order valence-corrected chi connectivity index (χ4v) is 1.98. The van der Waals surface area contributed by atoms with Gasteiger partial charge in [0.2, 0.25) is 5.95 Å². The smallest absolute Gasteiger partial charge is 0.223 e. The summed E-state index contributed by atoms with van der Waals surface area (Å²) in [7, 11) is 0. The van der Waals surface area contributed by atoms with Gasteiger partial charge in [0.15, 0.2) is 0 Å². The van der Waals surface area contributed by atoms with Gasteiger partial charge in [0, 0.05) is 25.1 Å². The predicted octanol–water partition coefficient (Wildman–Crippen LogP) is 2.61. The van der Waals surface area contributed by atoms with Crippen molar-refractivity contribution in [2.45, 2.75) is 13.3 Å². The first-order valence-electron chi connectivity index (χ1n) is 6.38. The SMILES string of the molecule is CCCNc1nccc(-c2cccc3nccn23)n1. The van der Waals surface area contributed by atoms with Crippen LogP contribution in [0.5, 0.6) is 0 Å². The van der Waals surface area contributed by atoms with Crippen LogP contribution < -0.4 is 5.32 Å². The van der Waals surface area contributed by atoms with Crippen molar-refractivity contribution in [1.29, 1.82) is 0 Å². The van der Waals surface area contributed by atoms with E-state index in [4.69, 9.17) is 0 Å². The second kappa shape index (κ2) is 5.06. The molecule has 3 aromatic rings. The predicted molar refractivity (Wildman–Crippen MR) is 75.0 cm³/mol. The van der Waals surface area contributed by atoms with Crippen LogP contribution in [-0.4, -0.2) is 25.9 Å². The Labute approximate surface area is 111 Å². The molecule has 0 saturated carbocycles. The van der Waals surface area contributed by atoms with Gasteiger partial charge in [-0.3, -0.25) is 4.40 Å². The largest absolute Gasteiger partial charge is 0.354 e. The molecule has 0 aliphatic heterocycles. The number of aromatic nitrogens is 4. The van der Waals surface area contributed by atoms with E-state index in [-0.39, 0.29) is 0 Å². The molecule has 5 nitrogen and oxygen atoms in total. The van der Waals surface area contributed by atoms with Crippen molar-refractivity contribution in [3.63, 3.8) is 0 Å². The maximum atomic E-state index is 4.54. The van der Waals surface area contributed by atoms with E-state index in [2.05, 4.69) is 27.2 Å². The highest BCUT2D eigenvalue weighted by Crippen LogP contribution is 2.18. The summed E-state index contributed by atoms with van der Waals surface area (Å²) in [5.74, 6) is 0.663. The number of imidazole rings is 1. The molecule has 3 aromatic heterocycles. The maximum Gasteiger partial charge on any atom is 0.223 e. The van der Waals surface area contributed by atoms with Gasteiger partial charge < -0.3 is 5.32 Å². The Morgan fingerprint density at radius 2 is 2.11 bits per heavy atom. The molecule has 0 bridgehead atoms. The molecule has 0 saturated heterocycles. The number of anilines is 1. The molecule has 0 amide bonds. The van der Waals surface area contributed by atoms with E-state index in [1.807, 2.05) is 34.9 Å². The summed E-state index contributed by atoms with van der Waals surface area (Å²) in [6.07, 6.45) is 6.54. The molecule has 0 fully saturated rings. The molecule has 0 aliphatic carbocycles. The summed E-state index contributed by atoms with van der Waals surface area (Å²) in [6, 6.07) is 7.90. The van der Waals surface area contributed by atoms with Gasteiger partial charge in [-0.1, -0.05) is 13.0 Å². The third-order valence-corrected chi connectivity index (χ3v) is 2.88. The van der Waals surface area contributed by atoms with E-state index in [0.717, 1.165) is 30.0 Å². The highest BCUT2D eigenvalue weighted by molar-refractivity contribution is 5.60. The molecule has 3 rings (SSSR count). The summed E-state index contributed by atoms with van der Waals surface area (Å²) in [5, 5.41) is 3.20. The van der Waals surface area contributed by atoms with Crippen molar-refractivity contribution in [1.82, 2.24) is 19.4 Å². The summed E-state index contributed by atoms with van der Waals surface area (Å²) >= 11 is 0. The molecule has 96 valence electrons. The molecular weight excluding hydrogens is 238 g/mol. The molecule has 0 spiro atoms. The highest BCUT2D eigenvalue weighted by Gasteiger charge is 2.06. The number of nitrogens with zero attached hydrogens (tertiary/aromatic N) is 4. The highest BCUT2D eigenvalue weighted by atomic mass is 15.1. The van der Waals surface area contributed by atoms with Crippen molar-refractivity contribution < 1.29 is 0 Å². The van der Waals surface area contributed by atoms with E-state index >= 15 is 0 Å². The first-order valence-corrected chi connectivity index (χ1v) is 6.38. The quantitative estimate of drug-likeness (QED) is 0.776. The zero-order chi connectivity index (χ0) is 13.1. The molecule has 0 aromatic carbocycles. The Kier molecular flexibility index (Phi) is 3.10. The Morgan fingerprint density at radius 1 is 1.16 bits per heavy atom. The molecule has 0 unspecified atom stereocenters. The molecule has 0 aliphatic rings. The Bertz CT molecular complexity index is 689. The van der Waals surface area contributed by atoms with Crippen LogP contribution in [0.2, 0.25) is 0 Å². The first kappa shape index (κ1) is 11.6. The zero-order valence-corrected chi connectivity index (χ0v) is 10.7. The number of rotatable bonds is 4. The topological polar surface area (TPSA) is 55.1 Å². The number of hydrogen-bond acceptors (Lipinski definition) is 4.